The molecule has 0 unspecified atom stereocenters. The van der Waals surface area contributed by atoms with Crippen LogP contribution in [0.5, 0.6) is 0 Å². The van der Waals surface area contributed by atoms with E-state index in [1.54, 1.807) is 7.11 Å². The minimum absolute atomic E-state index is 0.653. The zero-order valence-corrected chi connectivity index (χ0v) is 14.4. The van der Waals surface area contributed by atoms with Crippen molar-refractivity contribution in [2.24, 2.45) is 0 Å². The lowest BCUT2D eigenvalue weighted by Gasteiger charge is -2.17. The van der Waals surface area contributed by atoms with Gasteiger partial charge in [-0.15, -0.1) is 0 Å². The van der Waals surface area contributed by atoms with Crippen molar-refractivity contribution in [2.45, 2.75) is 32.8 Å². The van der Waals surface area contributed by atoms with E-state index in [4.69, 9.17) is 4.74 Å². The van der Waals surface area contributed by atoms with Crippen LogP contribution < -0.4 is 10.5 Å². The third-order valence-electron chi connectivity index (χ3n) is 3.55. The summed E-state index contributed by atoms with van der Waals surface area (Å²) >= 11 is 0. The van der Waals surface area contributed by atoms with E-state index in [2.05, 4.69) is 73.5 Å². The first-order chi connectivity index (χ1) is 9.99. The molecule has 0 radical (unpaired) electrons. The van der Waals surface area contributed by atoms with Crippen LogP contribution in [0.15, 0.2) is 48.5 Å². The average Bonchev–Trinajstić information content (AvgIpc) is 2.45. The van der Waals surface area contributed by atoms with E-state index < -0.39 is 8.07 Å². The fourth-order valence-electron chi connectivity index (χ4n) is 2.26. The first kappa shape index (κ1) is 15.8. The standard InChI is InChI=1S/C18H25NOSi/c1-20-14-16-6-5-7-17(12-16)19-13-15-8-10-18(11-9-15)21(2,3)4/h5-12,19H,13-14H2,1-4H3. The maximum absolute atomic E-state index is 5.17. The monoisotopic (exact) mass is 299 g/mol. The van der Waals surface area contributed by atoms with Crippen LogP contribution >= 0.6 is 0 Å². The molecule has 112 valence electrons. The van der Waals surface area contributed by atoms with Gasteiger partial charge in [0.15, 0.2) is 0 Å². The second-order valence-corrected chi connectivity index (χ2v) is 11.5. The lowest BCUT2D eigenvalue weighted by Crippen LogP contribution is -2.37. The molecule has 3 heteroatoms. The molecule has 0 atom stereocenters. The summed E-state index contributed by atoms with van der Waals surface area (Å²) in [6.45, 7) is 8.63. The first-order valence-electron chi connectivity index (χ1n) is 7.40. The minimum Gasteiger partial charge on any atom is -0.381 e. The van der Waals surface area contributed by atoms with Gasteiger partial charge in [-0.3, -0.25) is 0 Å². The van der Waals surface area contributed by atoms with Gasteiger partial charge in [0, 0.05) is 19.3 Å². The summed E-state index contributed by atoms with van der Waals surface area (Å²) in [5.41, 5.74) is 3.64. The van der Waals surface area contributed by atoms with Crippen molar-refractivity contribution in [2.75, 3.05) is 12.4 Å². The van der Waals surface area contributed by atoms with Crippen molar-refractivity contribution in [3.63, 3.8) is 0 Å². The summed E-state index contributed by atoms with van der Waals surface area (Å²) in [5, 5.41) is 4.98. The molecule has 0 heterocycles. The molecule has 2 aromatic rings. The van der Waals surface area contributed by atoms with Crippen LogP contribution in [0, 0.1) is 0 Å². The van der Waals surface area contributed by atoms with E-state index >= 15 is 0 Å². The topological polar surface area (TPSA) is 21.3 Å². The third-order valence-corrected chi connectivity index (χ3v) is 5.62. The molecule has 0 aliphatic heterocycles. The van der Waals surface area contributed by atoms with Gasteiger partial charge in [0.25, 0.3) is 0 Å². The molecule has 21 heavy (non-hydrogen) atoms. The highest BCUT2D eigenvalue weighted by Gasteiger charge is 2.15. The highest BCUT2D eigenvalue weighted by molar-refractivity contribution is 6.88. The highest BCUT2D eigenvalue weighted by Crippen LogP contribution is 2.13. The van der Waals surface area contributed by atoms with Gasteiger partial charge in [0.05, 0.1) is 14.7 Å². The van der Waals surface area contributed by atoms with Crippen molar-refractivity contribution in [3.8, 4) is 0 Å². The summed E-state index contributed by atoms with van der Waals surface area (Å²) in [6.07, 6.45) is 0. The summed E-state index contributed by atoms with van der Waals surface area (Å²) in [5.74, 6) is 0. The molecule has 0 saturated heterocycles. The zero-order chi connectivity index (χ0) is 15.3. The largest absolute Gasteiger partial charge is 0.381 e. The normalized spacial score (nSPS) is 11.4. The number of anilines is 1. The second-order valence-electron chi connectivity index (χ2n) is 6.43. The van der Waals surface area contributed by atoms with Gasteiger partial charge in [-0.1, -0.05) is 61.2 Å². The highest BCUT2D eigenvalue weighted by atomic mass is 28.3. The SMILES string of the molecule is COCc1cccc(NCc2ccc([Si](C)(C)C)cc2)c1. The summed E-state index contributed by atoms with van der Waals surface area (Å²) < 4.78 is 5.17. The Balaban J connectivity index is 1.98. The van der Waals surface area contributed by atoms with Crippen LogP contribution in [-0.4, -0.2) is 15.2 Å². The maximum atomic E-state index is 5.17. The predicted molar refractivity (Wildman–Crippen MR) is 93.9 cm³/mol. The Hall–Kier alpha value is -1.58. The molecular weight excluding hydrogens is 274 g/mol. The van der Waals surface area contributed by atoms with Gasteiger partial charge in [-0.05, 0) is 23.3 Å². The van der Waals surface area contributed by atoms with Gasteiger partial charge in [-0.2, -0.15) is 0 Å². The number of methoxy groups -OCH3 is 1. The molecule has 0 aromatic heterocycles. The number of nitrogens with one attached hydrogen (secondary N) is 1. The molecule has 1 N–H and O–H groups in total. The second kappa shape index (κ2) is 6.92. The minimum atomic E-state index is -1.19. The molecule has 0 fully saturated rings. The molecule has 2 rings (SSSR count). The third kappa shape index (κ3) is 4.72. The van der Waals surface area contributed by atoms with E-state index in [1.165, 1.54) is 16.3 Å². The van der Waals surface area contributed by atoms with E-state index in [0.717, 1.165) is 12.2 Å². The number of rotatable bonds is 6. The van der Waals surface area contributed by atoms with Crippen LogP contribution in [0.1, 0.15) is 11.1 Å². The smallest absolute Gasteiger partial charge is 0.0775 e. The van der Waals surface area contributed by atoms with E-state index in [1.807, 2.05) is 0 Å². The average molecular weight is 299 g/mol. The van der Waals surface area contributed by atoms with Gasteiger partial charge in [0.1, 0.15) is 0 Å². The number of ether oxygens (including phenoxy) is 1. The Kier molecular flexibility index (Phi) is 5.20. The van der Waals surface area contributed by atoms with Crippen molar-refractivity contribution in [1.82, 2.24) is 0 Å². The van der Waals surface area contributed by atoms with Crippen molar-refractivity contribution >= 4 is 18.9 Å². The molecular formula is C18H25NOSi. The Morgan fingerprint density at radius 3 is 2.29 bits per heavy atom. The van der Waals surface area contributed by atoms with Crippen LogP contribution in [0.3, 0.4) is 0 Å². The summed E-state index contributed by atoms with van der Waals surface area (Å²) in [7, 11) is 0.528. The zero-order valence-electron chi connectivity index (χ0n) is 13.4. The van der Waals surface area contributed by atoms with Gasteiger partial charge >= 0.3 is 0 Å². The number of hydrogen-bond acceptors (Lipinski definition) is 2. The fourth-order valence-corrected chi connectivity index (χ4v) is 3.43. The fraction of sp³-hybridized carbons (Fsp3) is 0.333. The molecule has 0 bridgehead atoms. The Morgan fingerprint density at radius 2 is 1.67 bits per heavy atom. The lowest BCUT2D eigenvalue weighted by atomic mass is 10.2. The maximum Gasteiger partial charge on any atom is 0.0775 e. The Labute approximate surface area is 129 Å². The molecule has 0 saturated carbocycles. The molecule has 0 aliphatic carbocycles. The lowest BCUT2D eigenvalue weighted by molar-refractivity contribution is 0.185. The van der Waals surface area contributed by atoms with E-state index in [9.17, 15) is 0 Å². The van der Waals surface area contributed by atoms with Crippen LogP contribution in [-0.2, 0) is 17.9 Å². The van der Waals surface area contributed by atoms with Gasteiger partial charge in [0.2, 0.25) is 0 Å². The van der Waals surface area contributed by atoms with Crippen LogP contribution in [0.2, 0.25) is 19.6 Å². The quantitative estimate of drug-likeness (QED) is 0.814. The van der Waals surface area contributed by atoms with Crippen LogP contribution in [0.4, 0.5) is 5.69 Å². The van der Waals surface area contributed by atoms with E-state index in [0.29, 0.717) is 6.61 Å². The first-order valence-corrected chi connectivity index (χ1v) is 10.9. The molecule has 2 aromatic carbocycles. The Bertz CT molecular complexity index is 573. The Morgan fingerprint density at radius 1 is 0.952 bits per heavy atom. The molecule has 0 spiro atoms. The summed E-state index contributed by atoms with van der Waals surface area (Å²) in [6, 6.07) is 17.4. The van der Waals surface area contributed by atoms with Crippen molar-refractivity contribution < 1.29 is 4.74 Å². The molecule has 0 amide bonds. The van der Waals surface area contributed by atoms with Crippen LogP contribution in [0.25, 0.3) is 0 Å². The van der Waals surface area contributed by atoms with Crippen molar-refractivity contribution in [1.29, 1.82) is 0 Å². The van der Waals surface area contributed by atoms with Gasteiger partial charge < -0.3 is 10.1 Å². The molecule has 2 nitrogen and oxygen atoms in total. The van der Waals surface area contributed by atoms with E-state index in [-0.39, 0.29) is 0 Å². The van der Waals surface area contributed by atoms with Gasteiger partial charge in [-0.25, -0.2) is 0 Å². The number of hydrogen-bond donors (Lipinski definition) is 1. The predicted octanol–water partition coefficient (Wildman–Crippen LogP) is 3.99. The number of benzene rings is 2. The summed E-state index contributed by atoms with van der Waals surface area (Å²) in [4.78, 5) is 0. The van der Waals surface area contributed by atoms with Crippen molar-refractivity contribution in [3.05, 3.63) is 59.7 Å². The molecule has 0 aliphatic rings.